The number of allylic oxidation sites excluding steroid dienone is 1. The summed E-state index contributed by atoms with van der Waals surface area (Å²) < 4.78 is 107. The maximum Gasteiger partial charge on any atom is 0.258 e. The first-order valence-corrected chi connectivity index (χ1v) is 29.3. The van der Waals surface area contributed by atoms with Crippen molar-refractivity contribution in [2.24, 2.45) is 11.5 Å². The van der Waals surface area contributed by atoms with Gasteiger partial charge in [-0.3, -0.25) is 20.4 Å². The summed E-state index contributed by atoms with van der Waals surface area (Å²) in [6.45, 7) is 27.2. The number of amidine groups is 1. The highest BCUT2D eigenvalue weighted by Gasteiger charge is 2.36. The zero-order valence-electron chi connectivity index (χ0n) is 47.9. The lowest BCUT2D eigenvalue weighted by atomic mass is 10.2. The molecule has 28 heteroatoms. The van der Waals surface area contributed by atoms with Crippen LogP contribution < -0.4 is 32.4 Å². The van der Waals surface area contributed by atoms with E-state index >= 15 is 0 Å². The topological polar surface area (TPSA) is 366 Å². The van der Waals surface area contributed by atoms with Crippen LogP contribution in [0.4, 0.5) is 32.1 Å². The average Bonchev–Trinajstić information content (AvgIpc) is 3.96. The molecule has 0 unspecified atom stereocenters. The molecular formula is C53H69F2N15O8S3. The van der Waals surface area contributed by atoms with Gasteiger partial charge in [0, 0.05) is 62.8 Å². The lowest BCUT2D eigenvalue weighted by Gasteiger charge is -2.22. The summed E-state index contributed by atoms with van der Waals surface area (Å²) in [4.78, 5) is 33.8. The van der Waals surface area contributed by atoms with Crippen LogP contribution in [0.15, 0.2) is 86.1 Å². The lowest BCUT2D eigenvalue weighted by molar-refractivity contribution is 0.331. The molecule has 0 atom stereocenters. The van der Waals surface area contributed by atoms with Gasteiger partial charge in [-0.2, -0.15) is 10.2 Å². The number of anilines is 4. The maximum atomic E-state index is 14.5. The van der Waals surface area contributed by atoms with Gasteiger partial charge >= 0.3 is 0 Å². The zero-order valence-corrected chi connectivity index (χ0v) is 50.4. The summed E-state index contributed by atoms with van der Waals surface area (Å²) in [7, 11) is -11.4. The normalized spacial score (nSPS) is 12.6. The van der Waals surface area contributed by atoms with E-state index in [1.807, 2.05) is 34.6 Å². The molecule has 0 aliphatic carbocycles. The molecule has 0 radical (unpaired) electrons. The van der Waals surface area contributed by atoms with Crippen molar-refractivity contribution in [1.82, 2.24) is 50.3 Å². The van der Waals surface area contributed by atoms with Crippen molar-refractivity contribution >= 4 is 91.3 Å². The van der Waals surface area contributed by atoms with Gasteiger partial charge in [-0.15, -0.1) is 0 Å². The summed E-state index contributed by atoms with van der Waals surface area (Å²) >= 11 is 0. The van der Waals surface area contributed by atoms with Crippen molar-refractivity contribution < 1.29 is 38.8 Å². The van der Waals surface area contributed by atoms with Crippen LogP contribution in [-0.4, -0.2) is 102 Å². The molecule has 5 heterocycles. The van der Waals surface area contributed by atoms with Crippen LogP contribution in [0.5, 0.6) is 5.75 Å². The molecule has 0 fully saturated rings. The fraction of sp³-hybridized carbons (Fsp3) is 0.377. The molecule has 0 spiro atoms. The Bertz CT molecular complexity index is 4140. The van der Waals surface area contributed by atoms with Gasteiger partial charge in [-0.25, -0.2) is 59.0 Å². The fourth-order valence-electron chi connectivity index (χ4n) is 6.92. The molecule has 0 bridgehead atoms. The Morgan fingerprint density at radius 1 is 0.593 bits per heavy atom. The highest BCUT2D eigenvalue weighted by Crippen LogP contribution is 2.38. The number of fused-ring (bicyclic) bond motifs is 3. The highest BCUT2D eigenvalue weighted by atomic mass is 32.2. The summed E-state index contributed by atoms with van der Waals surface area (Å²) in [5.74, 6) is 0.636. The van der Waals surface area contributed by atoms with Crippen molar-refractivity contribution in [3.05, 3.63) is 111 Å². The second-order valence-electron chi connectivity index (χ2n) is 21.5. The molecule has 0 saturated carbocycles. The number of nitrogens with zero attached hydrogens (tertiary/aromatic N) is 7. The van der Waals surface area contributed by atoms with Crippen LogP contribution in [-0.2, 0) is 29.5 Å². The summed E-state index contributed by atoms with van der Waals surface area (Å²) in [5, 5.41) is 28.3. The van der Waals surface area contributed by atoms with Crippen molar-refractivity contribution in [2.75, 3.05) is 17.2 Å². The van der Waals surface area contributed by atoms with Gasteiger partial charge in [0.2, 0.25) is 0 Å². The minimum absolute atomic E-state index is 0.0463. The highest BCUT2D eigenvalue weighted by molar-refractivity contribution is 7.93. The standard InChI is InChI=1S/C19H25N5O3S.C17H20FN5O2S.C12H13FN2O3S.C5H11N3/c1-7-27-15-9-14-13(8-16(15)28(25,26)19(4,5)6)18(21-10-20-14)22-17-11(2)12(3)23-24-17;1-9-10(2)22-23-15(9)21-16-11-6-14(26(24,25)17(3,4)5)12(18)7-13(11)19-8-20-16;1-12(2,3)19(17,18)10-4-7-9(5-8(10)13)14-6-15-11(7)16;1-3(4(2)6)5(7)8/h8-10H,7H2,1-6H3,(H2,20,21,22,23,24);6-8H,1-5H3,(H2,19,20,21,22,23);4-6H,1-3H3,(H,14,15,16);6H2,1-2H3,(H3,7,8). The van der Waals surface area contributed by atoms with Crippen LogP contribution in [0.1, 0.15) is 106 Å². The third-order valence-corrected chi connectivity index (χ3v) is 20.2. The van der Waals surface area contributed by atoms with E-state index in [2.05, 4.69) is 60.9 Å². The van der Waals surface area contributed by atoms with Gasteiger partial charge in [0.25, 0.3) is 5.56 Å². The molecule has 23 nitrogen and oxygen atoms in total. The lowest BCUT2D eigenvalue weighted by Crippen LogP contribution is -2.29. The van der Waals surface area contributed by atoms with Crippen molar-refractivity contribution in [3.8, 4) is 5.75 Å². The number of sulfone groups is 3. The number of aryl methyl sites for hydroxylation is 2. The Balaban J connectivity index is 0.000000212. The third kappa shape index (κ3) is 13.8. The molecule has 5 aromatic heterocycles. The average molecular weight is 1180 g/mol. The summed E-state index contributed by atoms with van der Waals surface area (Å²) in [6, 6.07) is 7.62. The van der Waals surface area contributed by atoms with Crippen LogP contribution in [0.3, 0.4) is 0 Å². The second kappa shape index (κ2) is 24.0. The van der Waals surface area contributed by atoms with Gasteiger partial charge in [-0.05, 0) is 129 Å². The predicted molar refractivity (Wildman–Crippen MR) is 311 cm³/mol. The first-order valence-electron chi connectivity index (χ1n) is 24.9. The Labute approximate surface area is 468 Å². The third-order valence-electron chi connectivity index (χ3n) is 12.6. The van der Waals surface area contributed by atoms with E-state index in [9.17, 15) is 38.8 Å². The van der Waals surface area contributed by atoms with E-state index in [-0.39, 0.29) is 26.5 Å². The van der Waals surface area contributed by atoms with E-state index in [0.717, 1.165) is 47.0 Å². The molecule has 8 rings (SSSR count). The number of nitrogens with two attached hydrogens (primary N) is 2. The van der Waals surface area contributed by atoms with E-state index in [1.165, 1.54) is 60.3 Å². The smallest absolute Gasteiger partial charge is 0.258 e. The minimum Gasteiger partial charge on any atom is -0.492 e. The Hall–Kier alpha value is -7.98. The largest absolute Gasteiger partial charge is 0.492 e. The number of ether oxygens (including phenoxy) is 1. The number of aromatic nitrogens is 10. The van der Waals surface area contributed by atoms with Crippen molar-refractivity contribution in [1.29, 1.82) is 5.41 Å². The van der Waals surface area contributed by atoms with Crippen LogP contribution in [0, 0.1) is 44.7 Å². The molecule has 3 aromatic carbocycles. The fourth-order valence-corrected chi connectivity index (χ4v) is 10.7. The Morgan fingerprint density at radius 3 is 1.33 bits per heavy atom. The Kier molecular flexibility index (Phi) is 18.9. The van der Waals surface area contributed by atoms with Crippen molar-refractivity contribution in [3.63, 3.8) is 0 Å². The van der Waals surface area contributed by atoms with E-state index in [1.54, 1.807) is 46.8 Å². The second-order valence-corrected chi connectivity index (χ2v) is 29.5. The summed E-state index contributed by atoms with van der Waals surface area (Å²) in [6.07, 6.45) is 3.85. The number of rotatable bonds is 10. The van der Waals surface area contributed by atoms with Gasteiger partial charge in [0.05, 0.1) is 49.1 Å². The van der Waals surface area contributed by atoms with E-state index in [4.69, 9.17) is 21.6 Å². The maximum absolute atomic E-state index is 14.5. The number of halogens is 2. The summed E-state index contributed by atoms with van der Waals surface area (Å²) in [5.41, 5.74) is 15.8. The molecule has 10 N–H and O–H groups in total. The molecule has 0 aliphatic rings. The Morgan fingerprint density at radius 2 is 0.975 bits per heavy atom. The van der Waals surface area contributed by atoms with Gasteiger partial charge in [0.1, 0.15) is 62.2 Å². The van der Waals surface area contributed by atoms with Crippen LogP contribution >= 0.6 is 0 Å². The van der Waals surface area contributed by atoms with Crippen LogP contribution in [0.25, 0.3) is 32.7 Å². The molecule has 0 amide bonds. The molecule has 8 aromatic rings. The van der Waals surface area contributed by atoms with Gasteiger partial charge < -0.3 is 31.8 Å². The molecular weight excluding hydrogens is 1110 g/mol. The number of nitrogens with one attached hydrogen (secondary N) is 6. The number of hydrogen-bond acceptors (Lipinski definition) is 19. The number of benzene rings is 3. The molecule has 81 heavy (non-hydrogen) atoms. The minimum atomic E-state index is -3.87. The van der Waals surface area contributed by atoms with E-state index in [0.29, 0.717) is 68.7 Å². The molecule has 436 valence electrons. The molecule has 0 saturated heterocycles. The monoisotopic (exact) mass is 1180 g/mol. The zero-order chi connectivity index (χ0) is 61.1. The number of H-pyrrole nitrogens is 3. The first-order chi connectivity index (χ1) is 37.3. The first kappa shape index (κ1) is 63.8. The number of hydrogen-bond donors (Lipinski definition) is 8. The quantitative estimate of drug-likeness (QED) is 0.0467. The van der Waals surface area contributed by atoms with Crippen LogP contribution in [0.2, 0.25) is 0 Å². The van der Waals surface area contributed by atoms with Gasteiger partial charge in [0.15, 0.2) is 41.1 Å². The van der Waals surface area contributed by atoms with Crippen molar-refractivity contribution in [2.45, 2.75) is 140 Å². The SMILES string of the molecule is CC(C)(C)S(=O)(=O)c1cc2c(=O)[nH]cnc2cc1F.CC(N)=C(C)C(=N)N.CCOc1cc2ncnc(Nc3n[nH]c(C)c3C)c2cc1S(=O)(=O)C(C)(C)C.Cc1[nH]nc(Nc2ncnc3cc(F)c(S(=O)(=O)C(C)(C)C)cc23)c1C. The van der Waals surface area contributed by atoms with E-state index < -0.39 is 65.8 Å². The molecule has 0 aliphatic heterocycles. The number of aromatic amines is 3. The predicted octanol–water partition coefficient (Wildman–Crippen LogP) is 8.92. The van der Waals surface area contributed by atoms with Gasteiger partial charge in [-0.1, -0.05) is 0 Å².